The standard InChI is InChI=1S/C16H25N3O3/c1-10(2)8-15(16(17)22)19-18-14(11(3)20)9-12-4-6-13(21)7-5-12/h4-7,10,14-15,18-19,21H,8-9H2,1-3H3,(H2,17,22)/t14-,15-/m0/s1. The third-order valence-electron chi connectivity index (χ3n) is 3.35. The van der Waals surface area contributed by atoms with Gasteiger partial charge in [0.05, 0.1) is 12.1 Å². The number of benzene rings is 1. The molecule has 1 amide bonds. The predicted octanol–water partition coefficient (Wildman–Crippen LogP) is 0.886. The van der Waals surface area contributed by atoms with Gasteiger partial charge in [0.2, 0.25) is 5.91 Å². The molecule has 0 aliphatic carbocycles. The Morgan fingerprint density at radius 3 is 2.14 bits per heavy atom. The Morgan fingerprint density at radius 1 is 1.14 bits per heavy atom. The number of nitrogens with two attached hydrogens (primary N) is 1. The summed E-state index contributed by atoms with van der Waals surface area (Å²) in [6.07, 6.45) is 1.04. The smallest absolute Gasteiger partial charge is 0.235 e. The molecule has 6 heteroatoms. The fraction of sp³-hybridized carbons (Fsp3) is 0.500. The van der Waals surface area contributed by atoms with E-state index in [1.165, 1.54) is 6.92 Å². The number of hydrazine groups is 1. The van der Waals surface area contributed by atoms with Crippen LogP contribution < -0.4 is 16.6 Å². The van der Waals surface area contributed by atoms with Crippen LogP contribution in [0.2, 0.25) is 0 Å². The zero-order valence-corrected chi connectivity index (χ0v) is 13.3. The van der Waals surface area contributed by atoms with Gasteiger partial charge in [0.25, 0.3) is 0 Å². The number of phenols is 1. The molecule has 0 aliphatic heterocycles. The number of nitrogens with one attached hydrogen (secondary N) is 2. The Balaban J connectivity index is 2.65. The summed E-state index contributed by atoms with van der Waals surface area (Å²) in [4.78, 5) is 23.2. The van der Waals surface area contributed by atoms with E-state index in [4.69, 9.17) is 5.73 Å². The molecule has 1 rings (SSSR count). The summed E-state index contributed by atoms with van der Waals surface area (Å²) in [6.45, 7) is 5.48. The maximum Gasteiger partial charge on any atom is 0.235 e. The van der Waals surface area contributed by atoms with Crippen molar-refractivity contribution in [2.24, 2.45) is 11.7 Å². The number of phenolic OH excluding ortho intramolecular Hbond substituents is 1. The molecule has 0 unspecified atom stereocenters. The maximum atomic E-state index is 11.8. The number of carbonyl (C=O) groups is 2. The Kier molecular flexibility index (Phi) is 7.01. The second kappa shape index (κ2) is 8.51. The van der Waals surface area contributed by atoms with Crippen molar-refractivity contribution < 1.29 is 14.7 Å². The molecule has 1 aromatic carbocycles. The van der Waals surface area contributed by atoms with Crippen molar-refractivity contribution in [3.63, 3.8) is 0 Å². The average Bonchev–Trinajstić information content (AvgIpc) is 2.43. The Morgan fingerprint density at radius 2 is 1.68 bits per heavy atom. The van der Waals surface area contributed by atoms with Gasteiger partial charge in [-0.15, -0.1) is 0 Å². The van der Waals surface area contributed by atoms with Gasteiger partial charge in [-0.1, -0.05) is 26.0 Å². The number of hydrogen-bond acceptors (Lipinski definition) is 5. The molecule has 0 saturated carbocycles. The van der Waals surface area contributed by atoms with Crippen LogP contribution in [-0.2, 0) is 16.0 Å². The highest BCUT2D eigenvalue weighted by molar-refractivity contribution is 5.82. The highest BCUT2D eigenvalue weighted by Crippen LogP contribution is 2.11. The first-order valence-corrected chi connectivity index (χ1v) is 7.38. The van der Waals surface area contributed by atoms with Crippen LogP contribution in [0.5, 0.6) is 5.75 Å². The third-order valence-corrected chi connectivity index (χ3v) is 3.35. The minimum absolute atomic E-state index is 0.0478. The van der Waals surface area contributed by atoms with Gasteiger partial charge in [0, 0.05) is 0 Å². The van der Waals surface area contributed by atoms with Gasteiger partial charge in [0.15, 0.2) is 0 Å². The topological polar surface area (TPSA) is 104 Å². The molecule has 2 atom stereocenters. The molecule has 0 heterocycles. The monoisotopic (exact) mass is 307 g/mol. The van der Waals surface area contributed by atoms with E-state index in [1.807, 2.05) is 13.8 Å². The lowest BCUT2D eigenvalue weighted by atomic mass is 10.0. The molecule has 22 heavy (non-hydrogen) atoms. The molecule has 0 saturated heterocycles. The zero-order valence-electron chi connectivity index (χ0n) is 13.3. The zero-order chi connectivity index (χ0) is 16.7. The second-order valence-electron chi connectivity index (χ2n) is 5.91. The highest BCUT2D eigenvalue weighted by Gasteiger charge is 2.20. The van der Waals surface area contributed by atoms with Gasteiger partial charge in [-0.2, -0.15) is 0 Å². The van der Waals surface area contributed by atoms with Crippen LogP contribution in [-0.4, -0.2) is 28.9 Å². The summed E-state index contributed by atoms with van der Waals surface area (Å²) < 4.78 is 0. The number of carbonyl (C=O) groups excluding carboxylic acids is 2. The molecule has 5 N–H and O–H groups in total. The molecular weight excluding hydrogens is 282 g/mol. The fourth-order valence-corrected chi connectivity index (χ4v) is 2.08. The molecular formula is C16H25N3O3. The van der Waals surface area contributed by atoms with Crippen molar-refractivity contribution in [2.75, 3.05) is 0 Å². The maximum absolute atomic E-state index is 11.8. The number of amides is 1. The van der Waals surface area contributed by atoms with E-state index in [-0.39, 0.29) is 11.5 Å². The van der Waals surface area contributed by atoms with Gasteiger partial charge in [-0.05, 0) is 43.4 Å². The first-order valence-electron chi connectivity index (χ1n) is 7.38. The lowest BCUT2D eigenvalue weighted by molar-refractivity contribution is -0.122. The van der Waals surface area contributed by atoms with Crippen LogP contribution in [0.4, 0.5) is 0 Å². The molecule has 6 nitrogen and oxygen atoms in total. The van der Waals surface area contributed by atoms with E-state index in [9.17, 15) is 14.7 Å². The molecule has 0 aliphatic rings. The van der Waals surface area contributed by atoms with Crippen LogP contribution >= 0.6 is 0 Å². The van der Waals surface area contributed by atoms with E-state index in [2.05, 4.69) is 10.9 Å². The van der Waals surface area contributed by atoms with Crippen molar-refractivity contribution in [1.29, 1.82) is 0 Å². The van der Waals surface area contributed by atoms with Gasteiger partial charge in [-0.25, -0.2) is 10.9 Å². The fourth-order valence-electron chi connectivity index (χ4n) is 2.08. The van der Waals surface area contributed by atoms with E-state index in [0.29, 0.717) is 18.8 Å². The number of primary amides is 1. The largest absolute Gasteiger partial charge is 0.508 e. The number of hydrogen-bond donors (Lipinski definition) is 4. The van der Waals surface area contributed by atoms with Crippen molar-refractivity contribution >= 4 is 11.7 Å². The van der Waals surface area contributed by atoms with Crippen molar-refractivity contribution in [3.05, 3.63) is 29.8 Å². The van der Waals surface area contributed by atoms with E-state index in [1.54, 1.807) is 24.3 Å². The summed E-state index contributed by atoms with van der Waals surface area (Å²) in [7, 11) is 0. The average molecular weight is 307 g/mol. The summed E-state index contributed by atoms with van der Waals surface area (Å²) >= 11 is 0. The van der Waals surface area contributed by atoms with Crippen molar-refractivity contribution in [3.8, 4) is 5.75 Å². The van der Waals surface area contributed by atoms with Crippen LogP contribution in [0.15, 0.2) is 24.3 Å². The summed E-state index contributed by atoms with van der Waals surface area (Å²) in [5.74, 6) is -0.0129. The quantitative estimate of drug-likeness (QED) is 0.507. The molecule has 0 fully saturated rings. The van der Waals surface area contributed by atoms with Gasteiger partial charge in [-0.3, -0.25) is 9.59 Å². The second-order valence-corrected chi connectivity index (χ2v) is 5.91. The predicted molar refractivity (Wildman–Crippen MR) is 85.0 cm³/mol. The van der Waals surface area contributed by atoms with Gasteiger partial charge < -0.3 is 10.8 Å². The van der Waals surface area contributed by atoms with Crippen LogP contribution in [0.3, 0.4) is 0 Å². The molecule has 0 radical (unpaired) electrons. The highest BCUT2D eigenvalue weighted by atomic mass is 16.3. The summed E-state index contributed by atoms with van der Waals surface area (Å²) in [6, 6.07) is 5.66. The molecule has 0 bridgehead atoms. The Hall–Kier alpha value is -1.92. The lowest BCUT2D eigenvalue weighted by Gasteiger charge is -2.22. The molecule has 0 spiro atoms. The SMILES string of the molecule is CC(=O)[C@H](Cc1ccc(O)cc1)NN[C@@H](CC(C)C)C(N)=O. The van der Waals surface area contributed by atoms with Gasteiger partial charge >= 0.3 is 0 Å². The normalized spacial score (nSPS) is 13.8. The van der Waals surface area contributed by atoms with Crippen LogP contribution in [0.25, 0.3) is 0 Å². The number of ketones is 1. The molecule has 1 aromatic rings. The van der Waals surface area contributed by atoms with Crippen molar-refractivity contribution in [1.82, 2.24) is 10.9 Å². The first-order chi connectivity index (χ1) is 10.3. The lowest BCUT2D eigenvalue weighted by Crippen LogP contribution is -2.54. The van der Waals surface area contributed by atoms with E-state index < -0.39 is 18.0 Å². The number of Topliss-reactive ketones (excluding diaryl/α,β-unsaturated/α-hetero) is 1. The minimum atomic E-state index is -0.526. The number of aromatic hydroxyl groups is 1. The van der Waals surface area contributed by atoms with Crippen molar-refractivity contribution in [2.45, 2.75) is 45.7 Å². The van der Waals surface area contributed by atoms with Crippen LogP contribution in [0, 0.1) is 5.92 Å². The Bertz CT molecular complexity index is 500. The molecule has 122 valence electrons. The Labute approximate surface area is 131 Å². The van der Waals surface area contributed by atoms with E-state index >= 15 is 0 Å². The van der Waals surface area contributed by atoms with Gasteiger partial charge in [0.1, 0.15) is 11.5 Å². The first kappa shape index (κ1) is 18.1. The minimum Gasteiger partial charge on any atom is -0.508 e. The summed E-state index contributed by atoms with van der Waals surface area (Å²) in [5.41, 5.74) is 12.0. The summed E-state index contributed by atoms with van der Waals surface area (Å²) in [5, 5.41) is 9.27. The number of rotatable bonds is 9. The van der Waals surface area contributed by atoms with E-state index in [0.717, 1.165) is 5.56 Å². The molecule has 0 aromatic heterocycles. The van der Waals surface area contributed by atoms with Crippen LogP contribution in [0.1, 0.15) is 32.8 Å². The third kappa shape index (κ3) is 6.24.